The molecule has 1 aliphatic carbocycles. The predicted octanol–water partition coefficient (Wildman–Crippen LogP) is 5.16. The molecule has 2 aromatic rings. The van der Waals surface area contributed by atoms with Crippen molar-refractivity contribution in [2.45, 2.75) is 71.5 Å². The lowest BCUT2D eigenvalue weighted by molar-refractivity contribution is 0.371. The Balaban J connectivity index is 1.34. The molecular formula is C25H39IN6. The van der Waals surface area contributed by atoms with E-state index in [2.05, 4.69) is 91.9 Å². The van der Waals surface area contributed by atoms with E-state index in [0.29, 0.717) is 18.4 Å². The number of nitrogens with zero attached hydrogens (tertiary/aromatic N) is 2. The van der Waals surface area contributed by atoms with E-state index in [1.54, 1.807) is 0 Å². The van der Waals surface area contributed by atoms with Crippen LogP contribution in [0.2, 0.25) is 0 Å². The molecule has 1 heterocycles. The predicted molar refractivity (Wildman–Crippen MR) is 143 cm³/mol. The Hall–Kier alpha value is -1.45. The van der Waals surface area contributed by atoms with Gasteiger partial charge in [0.25, 0.3) is 0 Å². The summed E-state index contributed by atoms with van der Waals surface area (Å²) in [6, 6.07) is 11.5. The first-order valence-electron chi connectivity index (χ1n) is 12.1. The fraction of sp³-hybridized carbons (Fsp3) is 0.600. The van der Waals surface area contributed by atoms with Crippen LogP contribution in [0.3, 0.4) is 0 Å². The van der Waals surface area contributed by atoms with Gasteiger partial charge in [0, 0.05) is 31.7 Å². The van der Waals surface area contributed by atoms with E-state index < -0.39 is 0 Å². The van der Waals surface area contributed by atoms with Crippen molar-refractivity contribution in [3.05, 3.63) is 45.2 Å². The summed E-state index contributed by atoms with van der Waals surface area (Å²) in [4.78, 5) is 9.08. The minimum absolute atomic E-state index is 0.574. The number of anilines is 2. The third-order valence-corrected chi connectivity index (χ3v) is 6.31. The van der Waals surface area contributed by atoms with Gasteiger partial charge in [0.1, 0.15) is 9.52 Å². The second-order valence-electron chi connectivity index (χ2n) is 9.16. The van der Waals surface area contributed by atoms with Crippen molar-refractivity contribution in [1.29, 1.82) is 0 Å². The van der Waals surface area contributed by atoms with E-state index >= 15 is 0 Å². The Morgan fingerprint density at radius 2 is 1.66 bits per heavy atom. The van der Waals surface area contributed by atoms with Crippen LogP contribution in [0.15, 0.2) is 30.3 Å². The van der Waals surface area contributed by atoms with Crippen LogP contribution < -0.4 is 21.3 Å². The molecule has 0 bridgehead atoms. The molecule has 0 unspecified atom stereocenters. The van der Waals surface area contributed by atoms with Gasteiger partial charge in [-0.3, -0.25) is 0 Å². The Morgan fingerprint density at radius 1 is 0.938 bits per heavy atom. The topological polar surface area (TPSA) is 73.9 Å². The summed E-state index contributed by atoms with van der Waals surface area (Å²) in [5.41, 5.74) is 2.55. The van der Waals surface area contributed by atoms with E-state index in [1.165, 1.54) is 49.7 Å². The molecule has 176 valence electrons. The van der Waals surface area contributed by atoms with Crippen LogP contribution in [0.1, 0.15) is 63.5 Å². The summed E-state index contributed by atoms with van der Waals surface area (Å²) in [5, 5.41) is 14.0. The van der Waals surface area contributed by atoms with Crippen LogP contribution in [-0.4, -0.2) is 35.6 Å². The van der Waals surface area contributed by atoms with Crippen molar-refractivity contribution in [2.75, 3.05) is 30.3 Å². The molecule has 0 saturated heterocycles. The van der Waals surface area contributed by atoms with E-state index in [9.17, 15) is 0 Å². The third kappa shape index (κ3) is 9.58. The Morgan fingerprint density at radius 3 is 2.38 bits per heavy atom. The first-order chi connectivity index (χ1) is 15.6. The number of aromatic nitrogens is 2. The Kier molecular flexibility index (Phi) is 11.0. The zero-order valence-corrected chi connectivity index (χ0v) is 21.7. The number of rotatable bonds is 13. The minimum atomic E-state index is 0.574. The van der Waals surface area contributed by atoms with Crippen molar-refractivity contribution < 1.29 is 0 Å². The molecule has 32 heavy (non-hydrogen) atoms. The van der Waals surface area contributed by atoms with E-state index in [-0.39, 0.29) is 0 Å². The monoisotopic (exact) mass is 550 g/mol. The molecule has 0 radical (unpaired) electrons. The van der Waals surface area contributed by atoms with Crippen molar-refractivity contribution in [3.8, 4) is 0 Å². The molecule has 0 amide bonds. The molecule has 3 rings (SSSR count). The summed E-state index contributed by atoms with van der Waals surface area (Å²) in [7, 11) is 0. The average Bonchev–Trinajstić information content (AvgIpc) is 2.80. The maximum absolute atomic E-state index is 4.58. The molecule has 1 aromatic heterocycles. The highest BCUT2D eigenvalue weighted by atomic mass is 127. The number of benzene rings is 1. The van der Waals surface area contributed by atoms with Gasteiger partial charge in [-0.1, -0.05) is 57.4 Å². The van der Waals surface area contributed by atoms with Gasteiger partial charge in [0.15, 0.2) is 0 Å². The summed E-state index contributed by atoms with van der Waals surface area (Å²) in [6.45, 7) is 9.09. The first-order valence-corrected chi connectivity index (χ1v) is 13.2. The van der Waals surface area contributed by atoms with E-state index in [4.69, 9.17) is 0 Å². The van der Waals surface area contributed by atoms with Gasteiger partial charge in [0.05, 0.1) is 0 Å². The summed E-state index contributed by atoms with van der Waals surface area (Å²) in [6.07, 6.45) is 8.12. The van der Waals surface area contributed by atoms with Crippen molar-refractivity contribution in [1.82, 2.24) is 20.6 Å². The normalized spacial score (nSPS) is 14.6. The minimum Gasteiger partial charge on any atom is -0.370 e. The quantitative estimate of drug-likeness (QED) is 0.157. The van der Waals surface area contributed by atoms with E-state index in [1.807, 2.05) is 6.07 Å². The van der Waals surface area contributed by atoms with Gasteiger partial charge in [0.2, 0.25) is 5.95 Å². The van der Waals surface area contributed by atoms with Gasteiger partial charge >= 0.3 is 0 Å². The lowest BCUT2D eigenvalue weighted by atomic mass is 9.95. The van der Waals surface area contributed by atoms with Crippen LogP contribution in [-0.2, 0) is 13.1 Å². The number of halogens is 1. The molecule has 4 N–H and O–H groups in total. The number of hydrogen-bond acceptors (Lipinski definition) is 6. The Labute approximate surface area is 207 Å². The van der Waals surface area contributed by atoms with Crippen LogP contribution in [0.5, 0.6) is 0 Å². The highest BCUT2D eigenvalue weighted by Gasteiger charge is 2.11. The third-order valence-electron chi connectivity index (χ3n) is 5.76. The van der Waals surface area contributed by atoms with Gasteiger partial charge < -0.3 is 21.3 Å². The molecule has 1 aromatic carbocycles. The molecular weight excluding hydrogens is 511 g/mol. The molecule has 1 aliphatic rings. The summed E-state index contributed by atoms with van der Waals surface area (Å²) in [5.74, 6) is 2.11. The molecule has 6 nitrogen and oxygen atoms in total. The maximum atomic E-state index is 4.58. The van der Waals surface area contributed by atoms with E-state index in [0.717, 1.165) is 41.7 Å². The fourth-order valence-corrected chi connectivity index (χ4v) is 4.43. The molecule has 7 heteroatoms. The molecule has 0 spiro atoms. The maximum Gasteiger partial charge on any atom is 0.225 e. The standard InChI is InChI=1S/C25H39IN6/c1-19(2)16-29-24-15-23(26)31-25(32-24)30-18-21-11-9-20(10-12-21)17-27-13-6-14-28-22-7-4-3-5-8-22/h9-12,15,19,22,27-28H,3-8,13-14,16-18H2,1-2H3,(H2,29,30,31,32). The largest absolute Gasteiger partial charge is 0.370 e. The van der Waals surface area contributed by atoms with Gasteiger partial charge in [-0.25, -0.2) is 4.98 Å². The molecule has 1 fully saturated rings. The number of nitrogens with one attached hydrogen (secondary N) is 4. The highest BCUT2D eigenvalue weighted by Crippen LogP contribution is 2.17. The lowest BCUT2D eigenvalue weighted by Crippen LogP contribution is -2.33. The molecule has 0 atom stereocenters. The molecule has 0 aliphatic heterocycles. The number of hydrogen-bond donors (Lipinski definition) is 4. The van der Waals surface area contributed by atoms with Crippen LogP contribution in [0.4, 0.5) is 11.8 Å². The highest BCUT2D eigenvalue weighted by molar-refractivity contribution is 14.1. The van der Waals surface area contributed by atoms with Crippen molar-refractivity contribution in [2.24, 2.45) is 5.92 Å². The van der Waals surface area contributed by atoms with Gasteiger partial charge in [-0.05, 0) is 72.0 Å². The zero-order chi connectivity index (χ0) is 22.6. The van der Waals surface area contributed by atoms with Crippen LogP contribution >= 0.6 is 22.6 Å². The summed E-state index contributed by atoms with van der Waals surface area (Å²) >= 11 is 2.24. The fourth-order valence-electron chi connectivity index (χ4n) is 3.91. The van der Waals surface area contributed by atoms with Gasteiger partial charge in [-0.15, -0.1) is 0 Å². The zero-order valence-electron chi connectivity index (χ0n) is 19.6. The summed E-state index contributed by atoms with van der Waals surface area (Å²) < 4.78 is 0.932. The van der Waals surface area contributed by atoms with Crippen LogP contribution in [0.25, 0.3) is 0 Å². The van der Waals surface area contributed by atoms with Gasteiger partial charge in [-0.2, -0.15) is 4.98 Å². The Bertz CT molecular complexity index is 790. The van der Waals surface area contributed by atoms with Crippen LogP contribution in [0, 0.1) is 9.62 Å². The first kappa shape index (κ1) is 25.2. The second-order valence-corrected chi connectivity index (χ2v) is 10.3. The smallest absolute Gasteiger partial charge is 0.225 e. The SMILES string of the molecule is CC(C)CNc1cc(I)nc(NCc2ccc(CNCCCNC3CCCCC3)cc2)n1. The molecule has 1 saturated carbocycles. The average molecular weight is 551 g/mol. The second kappa shape index (κ2) is 14.0. The lowest BCUT2D eigenvalue weighted by Gasteiger charge is -2.22. The van der Waals surface area contributed by atoms with Crippen molar-refractivity contribution in [3.63, 3.8) is 0 Å². The van der Waals surface area contributed by atoms with Crippen molar-refractivity contribution >= 4 is 34.4 Å².